The van der Waals surface area contributed by atoms with Crippen LogP contribution in [0.25, 0.3) is 0 Å². The van der Waals surface area contributed by atoms with Gasteiger partial charge in [-0.2, -0.15) is 0 Å². The molecule has 2 heteroatoms. The summed E-state index contributed by atoms with van der Waals surface area (Å²) in [5.41, 5.74) is 2.76. The molecule has 0 radical (unpaired) electrons. The van der Waals surface area contributed by atoms with Crippen LogP contribution in [-0.4, -0.2) is 19.6 Å². The molecule has 1 N–H and O–H groups in total. The molecule has 0 amide bonds. The van der Waals surface area contributed by atoms with Crippen molar-refractivity contribution < 1.29 is 0 Å². The van der Waals surface area contributed by atoms with E-state index in [9.17, 15) is 0 Å². The van der Waals surface area contributed by atoms with Crippen molar-refractivity contribution in [2.24, 2.45) is 5.92 Å². The van der Waals surface area contributed by atoms with E-state index in [2.05, 4.69) is 34.5 Å². The predicted molar refractivity (Wildman–Crippen MR) is 92.2 cm³/mol. The van der Waals surface area contributed by atoms with Gasteiger partial charge in [-0.25, -0.2) is 0 Å². The van der Waals surface area contributed by atoms with Gasteiger partial charge in [0.25, 0.3) is 0 Å². The van der Waals surface area contributed by atoms with E-state index in [0.29, 0.717) is 0 Å². The molecule has 1 saturated carbocycles. The molecule has 3 rings (SSSR count). The van der Waals surface area contributed by atoms with E-state index in [4.69, 9.17) is 0 Å². The van der Waals surface area contributed by atoms with Gasteiger partial charge in [0, 0.05) is 19.6 Å². The maximum absolute atomic E-state index is 3.72. The summed E-state index contributed by atoms with van der Waals surface area (Å²) in [5, 5.41) is 3.72. The second kappa shape index (κ2) is 7.72. The molecule has 2 fully saturated rings. The number of rotatable bonds is 5. The highest BCUT2D eigenvalue weighted by Crippen LogP contribution is 2.29. The lowest BCUT2D eigenvalue weighted by atomic mass is 9.87. The number of nitrogens with zero attached hydrogens (tertiary/aromatic N) is 1. The monoisotopic (exact) mass is 286 g/mol. The first-order valence-corrected chi connectivity index (χ1v) is 9.01. The molecule has 1 aromatic rings. The van der Waals surface area contributed by atoms with E-state index in [-0.39, 0.29) is 0 Å². The van der Waals surface area contributed by atoms with Crippen molar-refractivity contribution in [3.63, 3.8) is 0 Å². The van der Waals surface area contributed by atoms with E-state index in [1.807, 2.05) is 0 Å². The molecule has 1 aliphatic heterocycles. The minimum Gasteiger partial charge on any atom is -0.383 e. The Hall–Kier alpha value is -1.18. The van der Waals surface area contributed by atoms with Crippen LogP contribution in [0.5, 0.6) is 0 Å². The zero-order chi connectivity index (χ0) is 14.3. The van der Waals surface area contributed by atoms with E-state index >= 15 is 0 Å². The van der Waals surface area contributed by atoms with Crippen LogP contribution >= 0.6 is 0 Å². The lowest BCUT2D eigenvalue weighted by Crippen LogP contribution is -2.30. The van der Waals surface area contributed by atoms with Crippen LogP contribution < -0.4 is 10.2 Å². The zero-order valence-corrected chi connectivity index (χ0v) is 13.3. The zero-order valence-electron chi connectivity index (χ0n) is 13.3. The van der Waals surface area contributed by atoms with Crippen molar-refractivity contribution in [1.82, 2.24) is 0 Å². The van der Waals surface area contributed by atoms with Crippen LogP contribution in [-0.2, 0) is 0 Å². The third-order valence-electron chi connectivity index (χ3n) is 5.19. The number of benzene rings is 1. The van der Waals surface area contributed by atoms with Crippen molar-refractivity contribution in [1.29, 1.82) is 0 Å². The van der Waals surface area contributed by atoms with Crippen molar-refractivity contribution in [2.75, 3.05) is 29.9 Å². The lowest BCUT2D eigenvalue weighted by Gasteiger charge is -2.31. The summed E-state index contributed by atoms with van der Waals surface area (Å²) < 4.78 is 0. The number of hydrogen-bond donors (Lipinski definition) is 1. The van der Waals surface area contributed by atoms with Gasteiger partial charge in [0.1, 0.15) is 0 Å². The SMILES string of the molecule is c1ccc(N2CCCCC2)c(NCCC2CCCCC2)c1. The van der Waals surface area contributed by atoms with Gasteiger partial charge < -0.3 is 10.2 Å². The summed E-state index contributed by atoms with van der Waals surface area (Å²) in [6.07, 6.45) is 12.7. The Balaban J connectivity index is 1.54. The minimum absolute atomic E-state index is 0.966. The minimum atomic E-state index is 0.966. The molecule has 1 heterocycles. The number of piperidine rings is 1. The van der Waals surface area contributed by atoms with E-state index in [1.54, 1.807) is 0 Å². The first kappa shape index (κ1) is 14.7. The van der Waals surface area contributed by atoms with Crippen LogP contribution in [0.1, 0.15) is 57.8 Å². The average Bonchev–Trinajstić information content (AvgIpc) is 2.57. The Morgan fingerprint density at radius 3 is 2.43 bits per heavy atom. The maximum atomic E-state index is 3.72. The van der Waals surface area contributed by atoms with E-state index < -0.39 is 0 Å². The topological polar surface area (TPSA) is 15.3 Å². The van der Waals surface area contributed by atoms with Gasteiger partial charge in [-0.15, -0.1) is 0 Å². The van der Waals surface area contributed by atoms with Crippen molar-refractivity contribution in [3.05, 3.63) is 24.3 Å². The van der Waals surface area contributed by atoms with Crippen molar-refractivity contribution >= 4 is 11.4 Å². The fourth-order valence-electron chi connectivity index (χ4n) is 3.92. The first-order valence-electron chi connectivity index (χ1n) is 9.01. The Morgan fingerprint density at radius 2 is 1.62 bits per heavy atom. The number of hydrogen-bond acceptors (Lipinski definition) is 2. The standard InChI is InChI=1S/C19H30N2/c1-3-9-17(10-4-1)13-14-20-18-11-5-6-12-19(18)21-15-7-2-8-16-21/h5-6,11-12,17,20H,1-4,7-10,13-16H2. The first-order chi connectivity index (χ1) is 10.4. The summed E-state index contributed by atoms with van der Waals surface area (Å²) in [4.78, 5) is 2.56. The normalized spacial score (nSPS) is 20.5. The summed E-state index contributed by atoms with van der Waals surface area (Å²) in [7, 11) is 0. The maximum Gasteiger partial charge on any atom is 0.0602 e. The van der Waals surface area contributed by atoms with Gasteiger partial charge in [-0.05, 0) is 43.7 Å². The fraction of sp³-hybridized carbons (Fsp3) is 0.684. The van der Waals surface area contributed by atoms with Gasteiger partial charge in [-0.1, -0.05) is 44.2 Å². The molecule has 0 aromatic heterocycles. The lowest BCUT2D eigenvalue weighted by molar-refractivity contribution is 0.345. The third kappa shape index (κ3) is 4.15. The van der Waals surface area contributed by atoms with Crippen molar-refractivity contribution in [2.45, 2.75) is 57.8 Å². The van der Waals surface area contributed by atoms with Gasteiger partial charge in [0.05, 0.1) is 11.4 Å². The van der Waals surface area contributed by atoms with Gasteiger partial charge in [0.2, 0.25) is 0 Å². The molecule has 21 heavy (non-hydrogen) atoms. The smallest absolute Gasteiger partial charge is 0.0602 e. The largest absolute Gasteiger partial charge is 0.383 e. The second-order valence-corrected chi connectivity index (χ2v) is 6.78. The molecule has 0 unspecified atom stereocenters. The predicted octanol–water partition coefficient (Wildman–Crippen LogP) is 5.06. The van der Waals surface area contributed by atoms with Crippen LogP contribution in [0.15, 0.2) is 24.3 Å². The van der Waals surface area contributed by atoms with Crippen LogP contribution in [0.3, 0.4) is 0 Å². The van der Waals surface area contributed by atoms with Gasteiger partial charge in [-0.3, -0.25) is 0 Å². The van der Waals surface area contributed by atoms with E-state index in [1.165, 1.54) is 82.3 Å². The van der Waals surface area contributed by atoms with Gasteiger partial charge >= 0.3 is 0 Å². The van der Waals surface area contributed by atoms with E-state index in [0.717, 1.165) is 12.5 Å². The summed E-state index contributed by atoms with van der Waals surface area (Å²) in [5.74, 6) is 0.966. The summed E-state index contributed by atoms with van der Waals surface area (Å²) in [6.45, 7) is 3.58. The molecular weight excluding hydrogens is 256 g/mol. The fourth-order valence-corrected chi connectivity index (χ4v) is 3.92. The molecule has 0 atom stereocenters. The Bertz CT molecular complexity index is 417. The second-order valence-electron chi connectivity index (χ2n) is 6.78. The molecular formula is C19H30N2. The van der Waals surface area contributed by atoms with Crippen LogP contribution in [0.2, 0.25) is 0 Å². The van der Waals surface area contributed by atoms with Crippen LogP contribution in [0.4, 0.5) is 11.4 Å². The Morgan fingerprint density at radius 1 is 0.905 bits per heavy atom. The highest BCUT2D eigenvalue weighted by Gasteiger charge is 2.15. The number of anilines is 2. The quantitative estimate of drug-likeness (QED) is 0.814. The third-order valence-corrected chi connectivity index (χ3v) is 5.19. The Labute approximate surface area is 129 Å². The molecule has 1 saturated heterocycles. The molecule has 1 aromatic carbocycles. The molecule has 0 bridgehead atoms. The molecule has 116 valence electrons. The summed E-state index contributed by atoms with van der Waals surface area (Å²) >= 11 is 0. The highest BCUT2D eigenvalue weighted by molar-refractivity contribution is 5.70. The number of nitrogens with one attached hydrogen (secondary N) is 1. The molecule has 2 nitrogen and oxygen atoms in total. The molecule has 0 spiro atoms. The van der Waals surface area contributed by atoms with Gasteiger partial charge in [0.15, 0.2) is 0 Å². The summed E-state index contributed by atoms with van der Waals surface area (Å²) in [6, 6.07) is 8.88. The average molecular weight is 286 g/mol. The molecule has 1 aliphatic carbocycles. The van der Waals surface area contributed by atoms with Crippen LogP contribution in [0, 0.1) is 5.92 Å². The highest BCUT2D eigenvalue weighted by atomic mass is 15.1. The van der Waals surface area contributed by atoms with Crippen molar-refractivity contribution in [3.8, 4) is 0 Å². The Kier molecular flexibility index (Phi) is 5.42. The molecule has 2 aliphatic rings. The number of para-hydroxylation sites is 2.